The number of oxime groups is 1. The highest BCUT2D eigenvalue weighted by Gasteiger charge is 2.61. The summed E-state index contributed by atoms with van der Waals surface area (Å²) in [5.41, 5.74) is -1.42. The van der Waals surface area contributed by atoms with E-state index in [1.54, 1.807) is 20.8 Å². The molecule has 5 saturated heterocycles. The number of Topliss-reactive ketones (excluding diaryl/α,β-unsaturated/α-hetero) is 1. The first kappa shape index (κ1) is 47.8. The Hall–Kier alpha value is -4.19. The Kier molecular flexibility index (Phi) is 14.4. The molecule has 16 nitrogen and oxygen atoms in total. The molecule has 16 heteroatoms. The highest BCUT2D eigenvalue weighted by atomic mass is 16.7. The number of nitrogens with one attached hydrogen (secondary N) is 1. The second-order valence-corrected chi connectivity index (χ2v) is 19.4. The molecule has 5 fully saturated rings. The first-order valence-electron chi connectivity index (χ1n) is 22.9. The average molecular weight is 893 g/mol. The van der Waals surface area contributed by atoms with Crippen LogP contribution in [0.4, 0.5) is 4.79 Å². The van der Waals surface area contributed by atoms with Crippen molar-refractivity contribution in [2.45, 2.75) is 141 Å². The molecule has 0 aliphatic carbocycles. The Bertz CT molecular complexity index is 2060. The van der Waals surface area contributed by atoms with Crippen LogP contribution in [0.3, 0.4) is 0 Å². The maximum absolute atomic E-state index is 14.9. The quantitative estimate of drug-likeness (QED) is 0.257. The summed E-state index contributed by atoms with van der Waals surface area (Å²) in [5, 5.41) is 21.3. The van der Waals surface area contributed by atoms with Crippen LogP contribution in [0.15, 0.2) is 47.6 Å². The number of aliphatic hydroxyl groups excluding tert-OH is 1. The normalized spacial score (nSPS) is 39.1. The molecule has 0 radical (unpaired) electrons. The Morgan fingerprint density at radius 3 is 2.48 bits per heavy atom. The van der Waals surface area contributed by atoms with Gasteiger partial charge in [-0.2, -0.15) is 0 Å². The summed E-state index contributed by atoms with van der Waals surface area (Å²) in [6.45, 7) is 14.3. The molecule has 7 rings (SSSR count). The van der Waals surface area contributed by atoms with Gasteiger partial charge in [-0.25, -0.2) is 4.79 Å². The van der Waals surface area contributed by atoms with E-state index in [9.17, 15) is 24.3 Å². The van der Waals surface area contributed by atoms with Gasteiger partial charge in [0.05, 0.1) is 61.3 Å². The number of hydrogen-bond donors (Lipinski definition) is 2. The molecule has 0 saturated carbocycles. The first-order chi connectivity index (χ1) is 30.4. The predicted octanol–water partition coefficient (Wildman–Crippen LogP) is 4.86. The number of fused-ring (bicyclic) bond motifs is 6. The molecule has 5 aliphatic heterocycles. The average Bonchev–Trinajstić information content (AvgIpc) is 3.54. The van der Waals surface area contributed by atoms with Crippen molar-refractivity contribution in [1.29, 1.82) is 0 Å². The van der Waals surface area contributed by atoms with E-state index in [2.05, 4.69) is 10.5 Å². The number of aliphatic hydroxyl groups is 1. The van der Waals surface area contributed by atoms with Crippen LogP contribution in [0.25, 0.3) is 10.8 Å². The van der Waals surface area contributed by atoms with Crippen LogP contribution in [-0.4, -0.2) is 145 Å². The molecule has 0 spiro atoms. The molecule has 2 aromatic rings. The Morgan fingerprint density at radius 2 is 1.75 bits per heavy atom. The number of likely N-dealkylation sites (N-methyl/N-ethyl adjacent to an activating group) is 1. The first-order valence-corrected chi connectivity index (χ1v) is 22.9. The minimum atomic E-state index is -1.44. The van der Waals surface area contributed by atoms with Gasteiger partial charge in [-0.1, -0.05) is 75.3 Å². The number of nitrogens with zero attached hydrogens (tertiary/aromatic N) is 3. The van der Waals surface area contributed by atoms with E-state index in [1.165, 1.54) is 4.90 Å². The number of amides is 2. The lowest BCUT2D eigenvalue weighted by molar-refractivity contribution is -0.302. The smallest absolute Gasteiger partial charge is 0.411 e. The molecular weight excluding hydrogens is 825 g/mol. The third-order valence-electron chi connectivity index (χ3n) is 14.5. The lowest BCUT2D eigenvalue weighted by atomic mass is 9.73. The summed E-state index contributed by atoms with van der Waals surface area (Å²) in [6, 6.07) is 12.7. The summed E-state index contributed by atoms with van der Waals surface area (Å²) >= 11 is 0. The van der Waals surface area contributed by atoms with Gasteiger partial charge in [0.15, 0.2) is 18.5 Å². The largest absolute Gasteiger partial charge is 0.458 e. The molecule has 2 aromatic carbocycles. The Balaban J connectivity index is 1.29. The van der Waals surface area contributed by atoms with Crippen molar-refractivity contribution >= 4 is 40.2 Å². The number of ketones is 1. The number of hydrogen-bond acceptors (Lipinski definition) is 14. The number of ether oxygens (including phenoxy) is 6. The summed E-state index contributed by atoms with van der Waals surface area (Å²) < 4.78 is 39.7. The zero-order chi connectivity index (χ0) is 46.2. The predicted molar refractivity (Wildman–Crippen MR) is 236 cm³/mol. The molecule has 5 heterocycles. The Labute approximate surface area is 376 Å². The van der Waals surface area contributed by atoms with Crippen molar-refractivity contribution in [3.63, 3.8) is 0 Å². The summed E-state index contributed by atoms with van der Waals surface area (Å²) in [6.07, 6.45) is -4.70. The minimum absolute atomic E-state index is 0.0285. The van der Waals surface area contributed by atoms with Gasteiger partial charge in [-0.05, 0) is 77.4 Å². The van der Waals surface area contributed by atoms with Gasteiger partial charge in [0.25, 0.3) is 5.91 Å². The van der Waals surface area contributed by atoms with Gasteiger partial charge in [-0.3, -0.25) is 19.3 Å². The number of carbonyl (C=O) groups excluding carboxylic acids is 4. The molecule has 6 bridgehead atoms. The minimum Gasteiger partial charge on any atom is -0.458 e. The van der Waals surface area contributed by atoms with Crippen LogP contribution in [0.2, 0.25) is 0 Å². The van der Waals surface area contributed by atoms with E-state index in [-0.39, 0.29) is 57.1 Å². The Morgan fingerprint density at radius 1 is 1.02 bits per heavy atom. The van der Waals surface area contributed by atoms with Crippen molar-refractivity contribution in [2.24, 2.45) is 34.7 Å². The second kappa shape index (κ2) is 19.3. The van der Waals surface area contributed by atoms with Crippen LogP contribution in [-0.2, 0) is 54.2 Å². The zero-order valence-corrected chi connectivity index (χ0v) is 39.0. The topological polar surface area (TPSA) is 184 Å². The highest BCUT2D eigenvalue weighted by Crippen LogP contribution is 2.45. The number of carbonyl (C=O) groups is 4. The standard InChI is InChI=1S/C48H68N4O12/c1-11-37-48(8)42-28(4)39(54)26(2)20-47(7)43(63-45-40(55)36(51(9)10)19-27(3)61-45)29(5)41(30(6)44(56)62-37)58-23-33(24-59-47)35(22-52(42)46(57)64-48)50-60-25-38(53)49-21-32-17-14-16-31-15-12-13-18-34(31)32/h12-18,26-30,33,36-37,40-43,45,55H,11,19-25H2,1-10H3,(H,49,53)/b50-35-/t26-,27-,28+,29+,30-,33?,36+,37-,40-,41+,42+,43-,45+,47?,48?/m1/s1. The van der Waals surface area contributed by atoms with Crippen molar-refractivity contribution in [3.8, 4) is 0 Å². The van der Waals surface area contributed by atoms with Crippen LogP contribution in [0, 0.1) is 29.6 Å². The van der Waals surface area contributed by atoms with Gasteiger partial charge in [-0.15, -0.1) is 0 Å². The molecule has 2 N–H and O–H groups in total. The fourth-order valence-electron chi connectivity index (χ4n) is 11.1. The summed E-state index contributed by atoms with van der Waals surface area (Å²) in [7, 11) is 3.80. The van der Waals surface area contributed by atoms with E-state index >= 15 is 0 Å². The van der Waals surface area contributed by atoms with E-state index in [0.29, 0.717) is 12.1 Å². The van der Waals surface area contributed by atoms with Gasteiger partial charge in [0.2, 0.25) is 0 Å². The van der Waals surface area contributed by atoms with Crippen LogP contribution in [0.5, 0.6) is 0 Å². The summed E-state index contributed by atoms with van der Waals surface area (Å²) in [4.78, 5) is 66.2. The van der Waals surface area contributed by atoms with Crippen LogP contribution in [0.1, 0.15) is 80.2 Å². The summed E-state index contributed by atoms with van der Waals surface area (Å²) in [5.74, 6) is -4.73. The van der Waals surface area contributed by atoms with E-state index in [1.807, 2.05) is 96.1 Å². The molecule has 3 unspecified atom stereocenters. The molecule has 15 atom stereocenters. The zero-order valence-electron chi connectivity index (χ0n) is 39.0. The van der Waals surface area contributed by atoms with Crippen molar-refractivity contribution in [3.05, 3.63) is 48.0 Å². The fourth-order valence-corrected chi connectivity index (χ4v) is 11.1. The highest BCUT2D eigenvalue weighted by molar-refractivity contribution is 5.93. The van der Waals surface area contributed by atoms with Crippen molar-refractivity contribution in [1.82, 2.24) is 15.1 Å². The van der Waals surface area contributed by atoms with Crippen molar-refractivity contribution < 1.29 is 57.5 Å². The maximum Gasteiger partial charge on any atom is 0.411 e. The SMILES string of the molecule is CC[C@H]1OC(=O)[C@H](C)[C@H]2OCC3COC(C)(C[C@@H](C)C(=O)[C@H](C)[C@@H]4N(C/C3=N/OCC(=O)NCc3cccc5ccccc35)C(=O)OC41C)[C@H](O[C@@H]1O[C@H](C)C[C@H](N(C)C)[C@H]1O)[C@H]2C. The third kappa shape index (κ3) is 9.41. The number of rotatable bonds is 9. The van der Waals surface area contributed by atoms with E-state index in [4.69, 9.17) is 33.3 Å². The lowest BCUT2D eigenvalue weighted by Crippen LogP contribution is -2.61. The van der Waals surface area contributed by atoms with E-state index in [0.717, 1.165) is 16.3 Å². The second-order valence-electron chi connectivity index (χ2n) is 19.4. The molecular formula is C48H68N4O12. The number of benzene rings is 2. The molecule has 2 amide bonds. The van der Waals surface area contributed by atoms with Crippen molar-refractivity contribution in [2.75, 3.05) is 40.5 Å². The maximum atomic E-state index is 14.9. The third-order valence-corrected chi connectivity index (χ3v) is 14.5. The molecule has 352 valence electrons. The lowest BCUT2D eigenvalue weighted by Gasteiger charge is -2.48. The van der Waals surface area contributed by atoms with Crippen LogP contribution < -0.4 is 5.32 Å². The monoisotopic (exact) mass is 892 g/mol. The molecule has 5 aliphatic rings. The van der Waals surface area contributed by atoms with Gasteiger partial charge >= 0.3 is 12.1 Å². The fraction of sp³-hybridized carbons (Fsp3) is 0.688. The van der Waals surface area contributed by atoms with E-state index < -0.39 is 102 Å². The molecule has 0 aromatic heterocycles. The van der Waals surface area contributed by atoms with Crippen LogP contribution >= 0.6 is 0 Å². The molecule has 64 heavy (non-hydrogen) atoms. The number of cyclic esters (lactones) is 1. The van der Waals surface area contributed by atoms with Gasteiger partial charge in [0, 0.05) is 36.3 Å². The number of esters is 1. The van der Waals surface area contributed by atoms with Gasteiger partial charge in [0.1, 0.15) is 18.0 Å². The van der Waals surface area contributed by atoms with Gasteiger partial charge < -0.3 is 48.6 Å².